The maximum absolute atomic E-state index is 10.1. The van der Waals surface area contributed by atoms with Crippen molar-refractivity contribution in [2.75, 3.05) is 0 Å². The molecule has 0 fully saturated rings. The fourth-order valence-electron chi connectivity index (χ4n) is 4.43. The Morgan fingerprint density at radius 1 is 0.333 bits per heavy atom. The molecule has 2 heteroatoms. The molecule has 0 saturated heterocycles. The van der Waals surface area contributed by atoms with E-state index in [-0.39, 0.29) is 12.2 Å². The summed E-state index contributed by atoms with van der Waals surface area (Å²) in [5.41, 5.74) is 0. The van der Waals surface area contributed by atoms with Crippen molar-refractivity contribution in [2.24, 2.45) is 0 Å². The van der Waals surface area contributed by atoms with Crippen LogP contribution in [0.15, 0.2) is 0 Å². The van der Waals surface area contributed by atoms with Crippen LogP contribution in [0, 0.1) is 0 Å². The molecule has 0 spiro atoms. The van der Waals surface area contributed by atoms with Gasteiger partial charge in [-0.25, -0.2) is 0 Å². The maximum Gasteiger partial charge on any atom is 0.0540 e. The summed E-state index contributed by atoms with van der Waals surface area (Å²) in [7, 11) is 0. The van der Waals surface area contributed by atoms with Gasteiger partial charge in [0.1, 0.15) is 0 Å². The second-order valence-corrected chi connectivity index (χ2v) is 9.83. The van der Waals surface area contributed by atoms with Gasteiger partial charge in [-0.2, -0.15) is 0 Å². The highest BCUT2D eigenvalue weighted by molar-refractivity contribution is 4.59. The first-order valence-corrected chi connectivity index (χ1v) is 14.1. The lowest BCUT2D eigenvalue weighted by atomic mass is 10.0. The number of rotatable bonds is 25. The Bertz CT molecular complexity index is 275. The van der Waals surface area contributed by atoms with Crippen molar-refractivity contribution >= 4 is 0 Å². The van der Waals surface area contributed by atoms with Crippen LogP contribution in [0.25, 0.3) is 0 Å². The Morgan fingerprint density at radius 3 is 0.767 bits per heavy atom. The normalized spacial score (nSPS) is 13.6. The van der Waals surface area contributed by atoms with Crippen LogP contribution in [0.4, 0.5) is 0 Å². The third-order valence-corrected chi connectivity index (χ3v) is 6.61. The van der Waals surface area contributed by atoms with Crippen LogP contribution in [0.1, 0.15) is 168 Å². The van der Waals surface area contributed by atoms with Gasteiger partial charge in [-0.3, -0.25) is 0 Å². The first-order chi connectivity index (χ1) is 14.7. The Morgan fingerprint density at radius 2 is 0.533 bits per heavy atom. The minimum atomic E-state index is -0.0672. The molecule has 0 radical (unpaired) electrons. The fourth-order valence-corrected chi connectivity index (χ4v) is 4.43. The predicted octanol–water partition coefficient (Wildman–Crippen LogP) is 9.11. The minimum Gasteiger partial charge on any atom is -0.393 e. The van der Waals surface area contributed by atoms with E-state index in [4.69, 9.17) is 0 Å². The van der Waals surface area contributed by atoms with Crippen LogP contribution in [-0.2, 0) is 0 Å². The molecule has 0 aliphatic carbocycles. The molecule has 30 heavy (non-hydrogen) atoms. The van der Waals surface area contributed by atoms with E-state index in [0.717, 1.165) is 25.7 Å². The van der Waals surface area contributed by atoms with E-state index in [1.165, 1.54) is 128 Å². The van der Waals surface area contributed by atoms with Crippen LogP contribution >= 0.6 is 0 Å². The molecule has 2 unspecified atom stereocenters. The summed E-state index contributed by atoms with van der Waals surface area (Å²) in [6.07, 6.45) is 29.9. The molecule has 2 nitrogen and oxygen atoms in total. The van der Waals surface area contributed by atoms with Gasteiger partial charge in [0, 0.05) is 0 Å². The maximum atomic E-state index is 10.1. The SMILES string of the molecule is CCCCCCCCCC(O)CCCCCCCCC(O)CCCCCCCCC. The highest BCUT2D eigenvalue weighted by Gasteiger charge is 2.05. The van der Waals surface area contributed by atoms with Gasteiger partial charge in [0.15, 0.2) is 0 Å². The fraction of sp³-hybridized carbons (Fsp3) is 1.00. The van der Waals surface area contributed by atoms with Gasteiger partial charge in [-0.1, -0.05) is 142 Å². The van der Waals surface area contributed by atoms with Gasteiger partial charge in [0.05, 0.1) is 12.2 Å². The molecule has 0 aromatic rings. The van der Waals surface area contributed by atoms with Crippen LogP contribution in [0.3, 0.4) is 0 Å². The van der Waals surface area contributed by atoms with Crippen molar-refractivity contribution in [3.05, 3.63) is 0 Å². The summed E-state index contributed by atoms with van der Waals surface area (Å²) in [5, 5.41) is 20.2. The predicted molar refractivity (Wildman–Crippen MR) is 134 cm³/mol. The Kier molecular flexibility index (Phi) is 25.1. The van der Waals surface area contributed by atoms with Crippen molar-refractivity contribution in [1.29, 1.82) is 0 Å². The molecular formula is C28H58O2. The van der Waals surface area contributed by atoms with Crippen LogP contribution in [0.5, 0.6) is 0 Å². The second kappa shape index (κ2) is 25.2. The third-order valence-electron chi connectivity index (χ3n) is 6.61. The summed E-state index contributed by atoms with van der Waals surface area (Å²) in [5.74, 6) is 0. The Labute approximate surface area is 190 Å². The van der Waals surface area contributed by atoms with Gasteiger partial charge < -0.3 is 10.2 Å². The lowest BCUT2D eigenvalue weighted by Gasteiger charge is -2.11. The lowest BCUT2D eigenvalue weighted by molar-refractivity contribution is 0.145. The molecule has 0 bridgehead atoms. The molecule has 0 rings (SSSR count). The lowest BCUT2D eigenvalue weighted by Crippen LogP contribution is -2.06. The van der Waals surface area contributed by atoms with E-state index >= 15 is 0 Å². The van der Waals surface area contributed by atoms with Crippen molar-refractivity contribution in [3.8, 4) is 0 Å². The Balaban J connectivity index is 3.23. The zero-order valence-electron chi connectivity index (χ0n) is 21.0. The van der Waals surface area contributed by atoms with Gasteiger partial charge >= 0.3 is 0 Å². The van der Waals surface area contributed by atoms with Crippen LogP contribution < -0.4 is 0 Å². The molecule has 182 valence electrons. The summed E-state index contributed by atoms with van der Waals surface area (Å²) in [6.45, 7) is 4.53. The Hall–Kier alpha value is -0.0800. The van der Waals surface area contributed by atoms with Crippen molar-refractivity contribution in [2.45, 2.75) is 180 Å². The van der Waals surface area contributed by atoms with Gasteiger partial charge in [-0.05, 0) is 25.7 Å². The first-order valence-electron chi connectivity index (χ1n) is 14.1. The molecule has 0 heterocycles. The molecule has 0 amide bonds. The molecule has 2 atom stereocenters. The summed E-state index contributed by atoms with van der Waals surface area (Å²) >= 11 is 0. The summed E-state index contributed by atoms with van der Waals surface area (Å²) in [6, 6.07) is 0. The third kappa shape index (κ3) is 24.2. The largest absolute Gasteiger partial charge is 0.393 e. The quantitative estimate of drug-likeness (QED) is 0.143. The first kappa shape index (κ1) is 29.9. The zero-order chi connectivity index (χ0) is 22.1. The molecule has 0 aliphatic heterocycles. The molecule has 0 saturated carbocycles. The minimum absolute atomic E-state index is 0.0672. The van der Waals surface area contributed by atoms with Gasteiger partial charge in [0.25, 0.3) is 0 Å². The van der Waals surface area contributed by atoms with Crippen molar-refractivity contribution in [1.82, 2.24) is 0 Å². The monoisotopic (exact) mass is 426 g/mol. The standard InChI is InChI=1S/C28H58O2/c1-3-5-7-9-11-15-19-23-27(29)25-21-17-13-14-18-22-26-28(30)24-20-16-12-10-8-6-4-2/h27-30H,3-26H2,1-2H3. The van der Waals surface area contributed by atoms with Crippen molar-refractivity contribution < 1.29 is 10.2 Å². The smallest absolute Gasteiger partial charge is 0.0540 e. The average molecular weight is 427 g/mol. The highest BCUT2D eigenvalue weighted by Crippen LogP contribution is 2.16. The summed E-state index contributed by atoms with van der Waals surface area (Å²) < 4.78 is 0. The molecule has 0 aromatic heterocycles. The zero-order valence-corrected chi connectivity index (χ0v) is 21.0. The number of hydrogen-bond acceptors (Lipinski definition) is 2. The highest BCUT2D eigenvalue weighted by atomic mass is 16.3. The van der Waals surface area contributed by atoms with E-state index in [1.807, 2.05) is 0 Å². The average Bonchev–Trinajstić information content (AvgIpc) is 2.74. The number of unbranched alkanes of at least 4 members (excludes halogenated alkanes) is 17. The van der Waals surface area contributed by atoms with E-state index in [2.05, 4.69) is 13.8 Å². The van der Waals surface area contributed by atoms with Gasteiger partial charge in [0.2, 0.25) is 0 Å². The van der Waals surface area contributed by atoms with E-state index in [0.29, 0.717) is 0 Å². The molecular weight excluding hydrogens is 368 g/mol. The van der Waals surface area contributed by atoms with Crippen LogP contribution in [0.2, 0.25) is 0 Å². The van der Waals surface area contributed by atoms with E-state index in [9.17, 15) is 10.2 Å². The second-order valence-electron chi connectivity index (χ2n) is 9.83. The number of hydrogen-bond donors (Lipinski definition) is 2. The molecule has 0 aliphatic rings. The molecule has 0 aromatic carbocycles. The summed E-state index contributed by atoms with van der Waals surface area (Å²) in [4.78, 5) is 0. The van der Waals surface area contributed by atoms with E-state index in [1.54, 1.807) is 0 Å². The van der Waals surface area contributed by atoms with E-state index < -0.39 is 0 Å². The number of aliphatic hydroxyl groups excluding tert-OH is 2. The van der Waals surface area contributed by atoms with Gasteiger partial charge in [-0.15, -0.1) is 0 Å². The van der Waals surface area contributed by atoms with Crippen molar-refractivity contribution in [3.63, 3.8) is 0 Å². The van der Waals surface area contributed by atoms with Crippen LogP contribution in [-0.4, -0.2) is 22.4 Å². The topological polar surface area (TPSA) is 40.5 Å². The number of aliphatic hydroxyl groups is 2. The molecule has 2 N–H and O–H groups in total.